The summed E-state index contributed by atoms with van der Waals surface area (Å²) in [5.74, 6) is -0.508. The predicted octanol–water partition coefficient (Wildman–Crippen LogP) is 1.68. The molecular formula is C9H6BrFN4O3. The zero-order valence-electron chi connectivity index (χ0n) is 8.98. The molecule has 0 bridgehead atoms. The average Bonchev–Trinajstić information content (AvgIpc) is 2.57. The summed E-state index contributed by atoms with van der Waals surface area (Å²) in [4.78, 5) is 23.9. The van der Waals surface area contributed by atoms with Crippen molar-refractivity contribution in [2.75, 3.05) is 0 Å². The van der Waals surface area contributed by atoms with Crippen LogP contribution in [0.4, 0.5) is 10.1 Å². The van der Waals surface area contributed by atoms with E-state index in [0.717, 1.165) is 16.8 Å². The van der Waals surface area contributed by atoms with Crippen LogP contribution in [-0.4, -0.2) is 19.7 Å². The van der Waals surface area contributed by atoms with Gasteiger partial charge in [-0.05, 0) is 28.9 Å². The molecule has 0 spiro atoms. The van der Waals surface area contributed by atoms with Gasteiger partial charge in [-0.25, -0.2) is 9.18 Å². The Hall–Kier alpha value is -2.03. The Morgan fingerprint density at radius 2 is 2.22 bits per heavy atom. The zero-order valence-corrected chi connectivity index (χ0v) is 10.6. The van der Waals surface area contributed by atoms with Gasteiger partial charge < -0.3 is 0 Å². The largest absolute Gasteiger partial charge is 0.348 e. The van der Waals surface area contributed by atoms with Gasteiger partial charge in [0.15, 0.2) is 5.82 Å². The number of aromatic amines is 1. The number of benzene rings is 1. The van der Waals surface area contributed by atoms with Crippen molar-refractivity contribution in [2.24, 2.45) is 0 Å². The molecule has 18 heavy (non-hydrogen) atoms. The van der Waals surface area contributed by atoms with Gasteiger partial charge in [-0.2, -0.15) is 9.78 Å². The second kappa shape index (κ2) is 4.33. The van der Waals surface area contributed by atoms with Crippen LogP contribution in [0.3, 0.4) is 0 Å². The fraction of sp³-hybridized carbons (Fsp3) is 0.111. The third-order valence-corrected chi connectivity index (χ3v) is 2.81. The van der Waals surface area contributed by atoms with Crippen LogP contribution in [0.5, 0.6) is 0 Å². The number of hydrogen-bond donors (Lipinski definition) is 1. The maximum absolute atomic E-state index is 13.7. The van der Waals surface area contributed by atoms with Crippen LogP contribution < -0.4 is 5.69 Å². The number of halogens is 2. The van der Waals surface area contributed by atoms with Crippen LogP contribution in [0.15, 0.2) is 21.4 Å². The number of aryl methyl sites for hydroxylation is 1. The minimum atomic E-state index is -0.791. The SMILES string of the molecule is Cc1nn(-c2cc([N+](=O)[O-])c(Br)cc2F)c(=O)[nH]1. The Morgan fingerprint density at radius 1 is 1.56 bits per heavy atom. The van der Waals surface area contributed by atoms with Crippen molar-refractivity contribution in [1.82, 2.24) is 14.8 Å². The molecule has 9 heteroatoms. The molecule has 7 nitrogen and oxygen atoms in total. The number of hydrogen-bond acceptors (Lipinski definition) is 4. The van der Waals surface area contributed by atoms with Crippen LogP contribution in [0.25, 0.3) is 5.69 Å². The topological polar surface area (TPSA) is 93.8 Å². The molecule has 1 aromatic carbocycles. The van der Waals surface area contributed by atoms with Crippen LogP contribution in [0, 0.1) is 22.9 Å². The Morgan fingerprint density at radius 3 is 2.72 bits per heavy atom. The minimum Gasteiger partial charge on any atom is -0.293 e. The molecule has 0 amide bonds. The monoisotopic (exact) mass is 316 g/mol. The van der Waals surface area contributed by atoms with Gasteiger partial charge >= 0.3 is 5.69 Å². The fourth-order valence-electron chi connectivity index (χ4n) is 1.42. The molecule has 1 N–H and O–H groups in total. The number of nitrogens with one attached hydrogen (secondary N) is 1. The maximum Gasteiger partial charge on any atom is 0.348 e. The molecule has 0 radical (unpaired) electrons. The fourth-order valence-corrected chi connectivity index (χ4v) is 1.88. The minimum absolute atomic E-state index is 0.00550. The highest BCUT2D eigenvalue weighted by Crippen LogP contribution is 2.28. The summed E-state index contributed by atoms with van der Waals surface area (Å²) in [5.41, 5.74) is -1.29. The maximum atomic E-state index is 13.7. The predicted molar refractivity (Wildman–Crippen MR) is 63.2 cm³/mol. The summed E-state index contributed by atoms with van der Waals surface area (Å²) in [7, 11) is 0. The van der Waals surface area contributed by atoms with Crippen molar-refractivity contribution in [1.29, 1.82) is 0 Å². The summed E-state index contributed by atoms with van der Waals surface area (Å²) in [6.07, 6.45) is 0. The van der Waals surface area contributed by atoms with Gasteiger partial charge in [0.1, 0.15) is 11.5 Å². The van der Waals surface area contributed by atoms with Gasteiger partial charge in [0.05, 0.1) is 9.40 Å². The number of nitrogens with zero attached hydrogens (tertiary/aromatic N) is 3. The van der Waals surface area contributed by atoms with Gasteiger partial charge in [-0.15, -0.1) is 0 Å². The second-order valence-corrected chi connectivity index (χ2v) is 4.29. The van der Waals surface area contributed by atoms with Crippen LogP contribution in [0.2, 0.25) is 0 Å². The lowest BCUT2D eigenvalue weighted by Crippen LogP contribution is -2.17. The molecule has 2 rings (SSSR count). The summed E-state index contributed by atoms with van der Waals surface area (Å²) < 4.78 is 14.4. The molecule has 94 valence electrons. The third kappa shape index (κ3) is 2.04. The van der Waals surface area contributed by atoms with Gasteiger partial charge in [0, 0.05) is 6.07 Å². The lowest BCUT2D eigenvalue weighted by Gasteiger charge is -2.03. The average molecular weight is 317 g/mol. The van der Waals surface area contributed by atoms with E-state index >= 15 is 0 Å². The van der Waals surface area contributed by atoms with Gasteiger partial charge in [-0.1, -0.05) is 0 Å². The Balaban J connectivity index is 2.72. The normalized spacial score (nSPS) is 10.6. The molecule has 2 aromatic rings. The molecule has 1 heterocycles. The second-order valence-electron chi connectivity index (χ2n) is 3.44. The van der Waals surface area contributed by atoms with Gasteiger partial charge in [0.25, 0.3) is 5.69 Å². The highest BCUT2D eigenvalue weighted by atomic mass is 79.9. The molecule has 0 atom stereocenters. The van der Waals surface area contributed by atoms with Gasteiger partial charge in [-0.3, -0.25) is 15.1 Å². The van der Waals surface area contributed by atoms with E-state index < -0.39 is 16.4 Å². The lowest BCUT2D eigenvalue weighted by molar-refractivity contribution is -0.385. The summed E-state index contributed by atoms with van der Waals surface area (Å²) in [5, 5.41) is 14.5. The summed E-state index contributed by atoms with van der Waals surface area (Å²) >= 11 is 2.88. The van der Waals surface area contributed by atoms with Crippen molar-refractivity contribution in [3.8, 4) is 5.69 Å². The first-order valence-corrected chi connectivity index (χ1v) is 5.49. The van der Waals surface area contributed by atoms with E-state index in [4.69, 9.17) is 0 Å². The molecule has 0 unspecified atom stereocenters. The van der Waals surface area contributed by atoms with Crippen molar-refractivity contribution in [3.63, 3.8) is 0 Å². The number of rotatable bonds is 2. The lowest BCUT2D eigenvalue weighted by atomic mass is 10.2. The number of nitro benzene ring substituents is 1. The molecular weight excluding hydrogens is 311 g/mol. The molecule has 0 aliphatic carbocycles. The number of H-pyrrole nitrogens is 1. The molecule has 0 aliphatic heterocycles. The number of aromatic nitrogens is 3. The standard InChI is InChI=1S/C9H6BrFN4O3/c1-4-12-9(16)14(13-4)8-3-7(15(17)18)5(10)2-6(8)11/h2-3H,1H3,(H,12,13,16). The van der Waals surface area contributed by atoms with E-state index in [1.165, 1.54) is 6.92 Å². The van der Waals surface area contributed by atoms with Gasteiger partial charge in [0.2, 0.25) is 0 Å². The van der Waals surface area contributed by atoms with Crippen molar-refractivity contribution < 1.29 is 9.31 Å². The Labute approximate surface area is 108 Å². The van der Waals surface area contributed by atoms with E-state index in [9.17, 15) is 19.3 Å². The van der Waals surface area contributed by atoms with E-state index in [1.807, 2.05) is 0 Å². The molecule has 0 saturated heterocycles. The van der Waals surface area contributed by atoms with Crippen molar-refractivity contribution >= 4 is 21.6 Å². The Kier molecular flexibility index (Phi) is 2.99. The molecule has 0 aliphatic rings. The first-order valence-electron chi connectivity index (χ1n) is 4.70. The molecule has 0 fully saturated rings. The first-order chi connectivity index (χ1) is 8.40. The van der Waals surface area contributed by atoms with E-state index in [1.54, 1.807) is 0 Å². The van der Waals surface area contributed by atoms with E-state index in [2.05, 4.69) is 26.0 Å². The molecule has 0 saturated carbocycles. The van der Waals surface area contributed by atoms with E-state index in [0.29, 0.717) is 0 Å². The highest BCUT2D eigenvalue weighted by molar-refractivity contribution is 9.10. The summed E-state index contributed by atoms with van der Waals surface area (Å²) in [6, 6.07) is 1.87. The van der Waals surface area contributed by atoms with Crippen molar-refractivity contribution in [3.05, 3.63) is 48.8 Å². The van der Waals surface area contributed by atoms with Crippen molar-refractivity contribution in [2.45, 2.75) is 6.92 Å². The van der Waals surface area contributed by atoms with Crippen LogP contribution in [0.1, 0.15) is 5.82 Å². The summed E-state index contributed by atoms with van der Waals surface area (Å²) in [6.45, 7) is 1.52. The highest BCUT2D eigenvalue weighted by Gasteiger charge is 2.19. The smallest absolute Gasteiger partial charge is 0.293 e. The quantitative estimate of drug-likeness (QED) is 0.673. The van der Waals surface area contributed by atoms with E-state index in [-0.39, 0.29) is 21.7 Å². The van der Waals surface area contributed by atoms with Crippen LogP contribution >= 0.6 is 15.9 Å². The number of nitro groups is 1. The first kappa shape index (κ1) is 12.4. The zero-order chi connectivity index (χ0) is 13.4. The van der Waals surface area contributed by atoms with Crippen LogP contribution in [-0.2, 0) is 0 Å². The Bertz CT molecular complexity index is 694. The third-order valence-electron chi connectivity index (χ3n) is 2.17. The molecule has 1 aromatic heterocycles.